The topological polar surface area (TPSA) is 36.9 Å². The third-order valence-electron chi connectivity index (χ3n) is 13.9. The van der Waals surface area contributed by atoms with Crippen LogP contribution < -0.4 is 43.0 Å². The molecule has 0 spiro atoms. The number of hydrogen-bond donors (Lipinski definition) is 0. The Morgan fingerprint density at radius 3 is 0.307 bits per heavy atom. The molecule has 0 aromatic heterocycles. The Balaban J connectivity index is 0.000000132. The van der Waals surface area contributed by atoms with Gasteiger partial charge >= 0.3 is 523 Å². The molecule has 8 radical (unpaired) electrons. The van der Waals surface area contributed by atoms with E-state index in [4.69, 9.17) is 16.5 Å². The van der Waals surface area contributed by atoms with Gasteiger partial charge < -0.3 is 16.5 Å². The van der Waals surface area contributed by atoms with Gasteiger partial charge in [0.25, 0.3) is 0 Å². The van der Waals surface area contributed by atoms with Crippen LogP contribution in [0.3, 0.4) is 0 Å². The van der Waals surface area contributed by atoms with Gasteiger partial charge in [0.2, 0.25) is 0 Å². The second kappa shape index (κ2) is 37.6. The van der Waals surface area contributed by atoms with Crippen LogP contribution in [0, 0.1) is 0 Å². The van der Waals surface area contributed by atoms with Crippen molar-refractivity contribution in [3.8, 4) is 0 Å². The van der Waals surface area contributed by atoms with E-state index in [1.54, 1.807) is 0 Å². The van der Waals surface area contributed by atoms with Gasteiger partial charge in [-0.15, -0.1) is 0 Å². The molecule has 1 saturated heterocycles. The van der Waals surface area contributed by atoms with Gasteiger partial charge in [-0.05, 0) is 26.2 Å². The van der Waals surface area contributed by atoms with Crippen LogP contribution in [-0.2, 0) is 16.5 Å². The Morgan fingerprint density at radius 2 is 0.227 bits per heavy atom. The van der Waals surface area contributed by atoms with Gasteiger partial charge in [0.1, 0.15) is 0 Å². The first-order valence-electron chi connectivity index (χ1n) is 29.6. The molecule has 0 aliphatic carbocycles. The van der Waals surface area contributed by atoms with E-state index in [1.165, 1.54) is 43.0 Å². The molecule has 1 fully saturated rings. The summed E-state index contributed by atoms with van der Waals surface area (Å²) >= 11 is -7.93. The SMILES string of the molecule is C[Si]1O[Si](C)O[Si](C)O[Si](C)O1.c1cc[c]([Sn]([c]2ccccc2)[c]2ccccc2)cc1.c1cc[c]([Sn]([c]2ccccc2)[c]2ccccc2)cc1.c1cc[c]([Sn]([c]2ccccc2)[c]2ccccc2)cc1.c1cc[c]([Sn]([c]2ccccc2)[c]2ccccc2)cc1. The molecule has 0 amide bonds. The Bertz CT molecular complexity index is 2880. The molecule has 1 aliphatic heterocycles. The molecule has 1 heterocycles. The molecule has 1 aliphatic rings. The van der Waals surface area contributed by atoms with Gasteiger partial charge in [0.05, 0.1) is 0 Å². The van der Waals surface area contributed by atoms with Crippen LogP contribution in [-0.4, -0.2) is 116 Å². The molecule has 4 nitrogen and oxygen atoms in total. The van der Waals surface area contributed by atoms with Crippen LogP contribution in [0.5, 0.6) is 0 Å². The van der Waals surface area contributed by atoms with Gasteiger partial charge in [-0.2, -0.15) is 0 Å². The maximum absolute atomic E-state index is 5.56. The minimum atomic E-state index is -1.98. The molecular weight excluding hydrogens is 1560 g/mol. The van der Waals surface area contributed by atoms with Crippen LogP contribution in [0.4, 0.5) is 0 Å². The molecule has 12 aromatic carbocycles. The number of hydrogen-bond acceptors (Lipinski definition) is 4. The summed E-state index contributed by atoms with van der Waals surface area (Å²) in [4.78, 5) is 0. The van der Waals surface area contributed by atoms with E-state index in [1.807, 2.05) is 26.2 Å². The van der Waals surface area contributed by atoms with Crippen molar-refractivity contribution < 1.29 is 16.5 Å². The van der Waals surface area contributed by atoms with E-state index < -0.39 is 116 Å². The zero-order chi connectivity index (χ0) is 60.8. The van der Waals surface area contributed by atoms with Crippen molar-refractivity contribution in [3.63, 3.8) is 0 Å². The van der Waals surface area contributed by atoms with Crippen LogP contribution in [0.15, 0.2) is 364 Å². The zero-order valence-electron chi connectivity index (χ0n) is 50.3. The normalized spacial score (nSPS) is 12.8. The van der Waals surface area contributed by atoms with Crippen molar-refractivity contribution in [2.45, 2.75) is 26.2 Å². The van der Waals surface area contributed by atoms with E-state index in [0.717, 1.165) is 0 Å². The predicted molar refractivity (Wildman–Crippen MR) is 387 cm³/mol. The predicted octanol–water partition coefficient (Wildman–Crippen LogP) is 9.35. The fraction of sp³-hybridized carbons (Fsp3) is 0.0526. The van der Waals surface area contributed by atoms with E-state index in [-0.39, 0.29) is 0 Å². The molecular formula is C76H72O4Si4Sn4. The molecule has 0 unspecified atom stereocenters. The standard InChI is InChI=1S/12C6H5.C4H12O4Si4.4Sn/c12*1-2-4-6-5-3-1;1-9-5-10(2)7-12(4)8-11(3)6-9;;;;/h12*1-5H;1-4H3;;;;. The molecule has 88 heavy (non-hydrogen) atoms. The van der Waals surface area contributed by atoms with E-state index in [2.05, 4.69) is 364 Å². The van der Waals surface area contributed by atoms with Gasteiger partial charge in [-0.1, -0.05) is 0 Å². The van der Waals surface area contributed by atoms with E-state index in [0.29, 0.717) is 0 Å². The summed E-state index contributed by atoms with van der Waals surface area (Å²) in [5.74, 6) is 0. The molecule has 0 N–H and O–H groups in total. The van der Waals surface area contributed by atoms with E-state index >= 15 is 0 Å². The van der Waals surface area contributed by atoms with Crippen LogP contribution >= 0.6 is 0 Å². The molecule has 12 heteroatoms. The third kappa shape index (κ3) is 21.3. The molecule has 0 atom stereocenters. The quantitative estimate of drug-likeness (QED) is 0.114. The molecule has 0 bridgehead atoms. The Morgan fingerprint density at radius 1 is 0.148 bits per heavy atom. The molecule has 432 valence electrons. The third-order valence-corrected chi connectivity index (χ3v) is 54.3. The summed E-state index contributed by atoms with van der Waals surface area (Å²) in [5, 5.41) is 0. The average molecular weight is 1640 g/mol. The second-order valence-electron chi connectivity index (χ2n) is 20.3. The summed E-state index contributed by atoms with van der Waals surface area (Å²) in [6.45, 7) is 7.92. The van der Waals surface area contributed by atoms with Crippen molar-refractivity contribution >= 4 is 159 Å². The maximum atomic E-state index is 5.56. The van der Waals surface area contributed by atoms with Gasteiger partial charge in [0, 0.05) is 0 Å². The van der Waals surface area contributed by atoms with Gasteiger partial charge in [0.15, 0.2) is 0 Å². The minimum absolute atomic E-state index is 1.12. The number of benzene rings is 12. The first-order valence-corrected chi connectivity index (χ1v) is 54.0. The Labute approximate surface area is 559 Å². The molecule has 0 saturated carbocycles. The second-order valence-corrected chi connectivity index (χ2v) is 55.8. The fourth-order valence-corrected chi connectivity index (χ4v) is 48.2. The first-order chi connectivity index (χ1) is 43.4. The van der Waals surface area contributed by atoms with Crippen molar-refractivity contribution in [2.24, 2.45) is 0 Å². The van der Waals surface area contributed by atoms with Crippen molar-refractivity contribution in [1.29, 1.82) is 0 Å². The summed E-state index contributed by atoms with van der Waals surface area (Å²) in [7, 11) is -4.46. The summed E-state index contributed by atoms with van der Waals surface area (Å²) in [6, 6.07) is 132. The summed E-state index contributed by atoms with van der Waals surface area (Å²) in [5.41, 5.74) is 0. The summed E-state index contributed by atoms with van der Waals surface area (Å²) in [6.07, 6.45) is 0. The first kappa shape index (κ1) is 66.9. The zero-order valence-corrected chi connectivity index (χ0v) is 65.7. The van der Waals surface area contributed by atoms with Crippen LogP contribution in [0.1, 0.15) is 0 Å². The van der Waals surface area contributed by atoms with Crippen molar-refractivity contribution in [2.75, 3.05) is 0 Å². The van der Waals surface area contributed by atoms with Crippen LogP contribution in [0.2, 0.25) is 26.2 Å². The molecule has 13 rings (SSSR count). The monoisotopic (exact) mass is 1640 g/mol. The van der Waals surface area contributed by atoms with Crippen molar-refractivity contribution in [3.05, 3.63) is 364 Å². The molecule has 12 aromatic rings. The van der Waals surface area contributed by atoms with Crippen molar-refractivity contribution in [1.82, 2.24) is 0 Å². The fourth-order valence-electron chi connectivity index (χ4n) is 10.2. The Hall–Kier alpha value is -5.46. The van der Waals surface area contributed by atoms with Crippen LogP contribution in [0.25, 0.3) is 0 Å². The average Bonchev–Trinajstić information content (AvgIpc) is 3.58. The van der Waals surface area contributed by atoms with E-state index in [9.17, 15) is 0 Å². The van der Waals surface area contributed by atoms with Gasteiger partial charge in [-0.25, -0.2) is 0 Å². The Kier molecular flexibility index (Phi) is 28.6. The summed E-state index contributed by atoms with van der Waals surface area (Å²) < 4.78 is 40.6. The number of rotatable bonds is 12. The van der Waals surface area contributed by atoms with Gasteiger partial charge in [-0.3, -0.25) is 0 Å².